The predicted octanol–water partition coefficient (Wildman–Crippen LogP) is 6.04. The number of thiophene rings is 1. The van der Waals surface area contributed by atoms with Crippen molar-refractivity contribution in [2.24, 2.45) is 29.1 Å². The van der Waals surface area contributed by atoms with E-state index in [1.54, 1.807) is 25.6 Å². The fourth-order valence-electron chi connectivity index (χ4n) is 7.81. The number of hydrogen-bond acceptors (Lipinski definition) is 5. The average molecular weight is 553 g/mol. The van der Waals surface area contributed by atoms with E-state index >= 15 is 0 Å². The van der Waals surface area contributed by atoms with Crippen LogP contribution in [-0.2, 0) is 22.6 Å². The Morgan fingerprint density at radius 1 is 0.974 bits per heavy atom. The first kappa shape index (κ1) is 28.0. The number of nitrogens with zero attached hydrogens (tertiary/aromatic N) is 2. The molecule has 39 heavy (non-hydrogen) atoms. The molecule has 0 unspecified atom stereocenters. The van der Waals surface area contributed by atoms with Crippen molar-refractivity contribution in [1.29, 1.82) is 0 Å². The number of ether oxygens (including phenoxy) is 2. The largest absolute Gasteiger partial charge is 0.493 e. The fraction of sp³-hybridized carbons (Fsp3) is 0.625. The number of rotatable bonds is 12. The molecule has 1 aromatic carbocycles. The third kappa shape index (κ3) is 6.29. The van der Waals surface area contributed by atoms with Crippen molar-refractivity contribution >= 4 is 23.2 Å². The lowest BCUT2D eigenvalue weighted by molar-refractivity contribution is -0.160. The van der Waals surface area contributed by atoms with Gasteiger partial charge in [-0.3, -0.25) is 9.59 Å². The maximum absolute atomic E-state index is 14.2. The van der Waals surface area contributed by atoms with Crippen molar-refractivity contribution in [3.8, 4) is 11.5 Å². The van der Waals surface area contributed by atoms with E-state index in [2.05, 4.69) is 19.9 Å². The van der Waals surface area contributed by atoms with Gasteiger partial charge in [-0.05, 0) is 97.8 Å². The third-order valence-electron chi connectivity index (χ3n) is 9.09. The SMILES string of the molecule is COc1ccc(CCN(Cc2cccs2)C(=O)CN(CC(C)C)C(=O)C23CC4CC(CC(C4)C2)C3)cc1OC. The highest BCUT2D eigenvalue weighted by Crippen LogP contribution is 2.60. The number of methoxy groups -OCH3 is 2. The molecule has 4 aliphatic rings. The summed E-state index contributed by atoms with van der Waals surface area (Å²) in [4.78, 5) is 33.2. The molecule has 0 aliphatic heterocycles. The Hall–Kier alpha value is -2.54. The summed E-state index contributed by atoms with van der Waals surface area (Å²) in [5.41, 5.74) is 0.850. The Morgan fingerprint density at radius 3 is 2.21 bits per heavy atom. The number of amides is 2. The highest BCUT2D eigenvalue weighted by Gasteiger charge is 2.55. The minimum absolute atomic E-state index is 0.0302. The second kappa shape index (κ2) is 11.9. The van der Waals surface area contributed by atoms with Crippen molar-refractivity contribution in [3.05, 3.63) is 46.2 Å². The Morgan fingerprint density at radius 2 is 1.64 bits per heavy atom. The van der Waals surface area contributed by atoms with Crippen LogP contribution in [0.5, 0.6) is 11.5 Å². The summed E-state index contributed by atoms with van der Waals surface area (Å²) < 4.78 is 10.9. The quantitative estimate of drug-likeness (QED) is 0.322. The van der Waals surface area contributed by atoms with Gasteiger partial charge in [0.1, 0.15) is 0 Å². The van der Waals surface area contributed by atoms with Crippen LogP contribution in [0.1, 0.15) is 62.8 Å². The highest BCUT2D eigenvalue weighted by molar-refractivity contribution is 7.09. The van der Waals surface area contributed by atoms with E-state index in [0.29, 0.717) is 61.2 Å². The van der Waals surface area contributed by atoms with Gasteiger partial charge in [-0.1, -0.05) is 26.0 Å². The summed E-state index contributed by atoms with van der Waals surface area (Å²) >= 11 is 1.66. The number of benzene rings is 1. The Balaban J connectivity index is 1.32. The normalized spacial score (nSPS) is 25.1. The maximum Gasteiger partial charge on any atom is 0.242 e. The predicted molar refractivity (Wildman–Crippen MR) is 155 cm³/mol. The van der Waals surface area contributed by atoms with Crippen LogP contribution in [0.2, 0.25) is 0 Å². The van der Waals surface area contributed by atoms with Crippen LogP contribution in [0.15, 0.2) is 35.7 Å². The van der Waals surface area contributed by atoms with Gasteiger partial charge in [-0.25, -0.2) is 0 Å². The van der Waals surface area contributed by atoms with Crippen LogP contribution in [-0.4, -0.2) is 55.5 Å². The molecule has 4 saturated carbocycles. The molecule has 0 atom stereocenters. The monoisotopic (exact) mass is 552 g/mol. The van der Waals surface area contributed by atoms with Gasteiger partial charge in [-0.2, -0.15) is 0 Å². The molecular weight excluding hydrogens is 508 g/mol. The minimum Gasteiger partial charge on any atom is -0.493 e. The lowest BCUT2D eigenvalue weighted by Crippen LogP contribution is -2.56. The van der Waals surface area contributed by atoms with E-state index in [0.717, 1.165) is 29.7 Å². The van der Waals surface area contributed by atoms with Gasteiger partial charge < -0.3 is 19.3 Å². The molecule has 2 aromatic rings. The smallest absolute Gasteiger partial charge is 0.242 e. The second-order valence-electron chi connectivity index (χ2n) is 12.6. The van der Waals surface area contributed by atoms with E-state index in [1.807, 2.05) is 39.4 Å². The number of carbonyl (C=O) groups is 2. The molecule has 2 amide bonds. The first-order valence-electron chi connectivity index (χ1n) is 14.6. The molecule has 6 nitrogen and oxygen atoms in total. The van der Waals surface area contributed by atoms with Crippen LogP contribution in [0, 0.1) is 29.1 Å². The van der Waals surface area contributed by atoms with Crippen LogP contribution < -0.4 is 9.47 Å². The van der Waals surface area contributed by atoms with Crippen LogP contribution in [0.3, 0.4) is 0 Å². The molecule has 4 fully saturated rings. The van der Waals surface area contributed by atoms with Gasteiger partial charge in [0.05, 0.1) is 32.7 Å². The summed E-state index contributed by atoms with van der Waals surface area (Å²) in [6.45, 7) is 6.22. The van der Waals surface area contributed by atoms with Crippen molar-refractivity contribution < 1.29 is 19.1 Å². The molecule has 212 valence electrons. The molecular formula is C32H44N2O4S. The Kier molecular flexibility index (Phi) is 8.55. The molecule has 0 radical (unpaired) electrons. The van der Waals surface area contributed by atoms with E-state index in [-0.39, 0.29) is 23.8 Å². The molecule has 0 saturated heterocycles. The van der Waals surface area contributed by atoms with Gasteiger partial charge in [0.15, 0.2) is 11.5 Å². The lowest BCUT2D eigenvalue weighted by Gasteiger charge is -2.56. The average Bonchev–Trinajstić information content (AvgIpc) is 3.42. The lowest BCUT2D eigenvalue weighted by atomic mass is 9.49. The molecule has 1 heterocycles. The van der Waals surface area contributed by atoms with E-state index in [9.17, 15) is 9.59 Å². The van der Waals surface area contributed by atoms with Crippen LogP contribution in [0.4, 0.5) is 0 Å². The third-order valence-corrected chi connectivity index (χ3v) is 9.95. The molecule has 4 aliphatic carbocycles. The molecule has 6 rings (SSSR count). The summed E-state index contributed by atoms with van der Waals surface area (Å²) in [6.07, 6.45) is 7.70. The zero-order valence-electron chi connectivity index (χ0n) is 24.0. The van der Waals surface area contributed by atoms with Gasteiger partial charge in [0, 0.05) is 18.0 Å². The minimum atomic E-state index is -0.234. The number of carbonyl (C=O) groups excluding carboxylic acids is 2. The van der Waals surface area contributed by atoms with Crippen LogP contribution >= 0.6 is 11.3 Å². The standard InChI is InChI=1S/C32H44N2O4S/c1-22(2)19-34(31(36)32-16-24-12-25(17-32)14-26(13-24)18-32)21-30(35)33(20-27-6-5-11-39-27)10-9-23-7-8-28(37-3)29(15-23)38-4/h5-8,11,15,22,24-26H,9-10,12-14,16-21H2,1-4H3. The highest BCUT2D eigenvalue weighted by atomic mass is 32.1. The van der Waals surface area contributed by atoms with Gasteiger partial charge >= 0.3 is 0 Å². The summed E-state index contributed by atoms with van der Waals surface area (Å²) in [5.74, 6) is 4.09. The summed E-state index contributed by atoms with van der Waals surface area (Å²) in [5, 5.41) is 2.05. The summed E-state index contributed by atoms with van der Waals surface area (Å²) in [7, 11) is 3.27. The molecule has 0 N–H and O–H groups in total. The molecule has 7 heteroatoms. The van der Waals surface area contributed by atoms with Gasteiger partial charge in [0.25, 0.3) is 0 Å². The maximum atomic E-state index is 14.2. The van der Waals surface area contributed by atoms with E-state index in [4.69, 9.17) is 9.47 Å². The zero-order valence-corrected chi connectivity index (χ0v) is 24.8. The molecule has 0 spiro atoms. The second-order valence-corrected chi connectivity index (χ2v) is 13.6. The van der Waals surface area contributed by atoms with Crippen molar-refractivity contribution in [3.63, 3.8) is 0 Å². The van der Waals surface area contributed by atoms with Crippen molar-refractivity contribution in [2.45, 2.75) is 65.3 Å². The van der Waals surface area contributed by atoms with Crippen LogP contribution in [0.25, 0.3) is 0 Å². The van der Waals surface area contributed by atoms with Crippen molar-refractivity contribution in [1.82, 2.24) is 9.80 Å². The van der Waals surface area contributed by atoms with E-state index < -0.39 is 0 Å². The Labute approximate surface area is 237 Å². The molecule has 4 bridgehead atoms. The summed E-state index contributed by atoms with van der Waals surface area (Å²) in [6, 6.07) is 10.0. The van der Waals surface area contributed by atoms with Gasteiger partial charge in [0.2, 0.25) is 11.8 Å². The molecule has 1 aromatic heterocycles. The fourth-order valence-corrected chi connectivity index (χ4v) is 8.53. The topological polar surface area (TPSA) is 59.1 Å². The zero-order chi connectivity index (χ0) is 27.6. The number of hydrogen-bond donors (Lipinski definition) is 0. The van der Waals surface area contributed by atoms with Crippen molar-refractivity contribution in [2.75, 3.05) is 33.9 Å². The first-order valence-corrected chi connectivity index (χ1v) is 15.5. The first-order chi connectivity index (χ1) is 18.8. The van der Waals surface area contributed by atoms with E-state index in [1.165, 1.54) is 19.3 Å². The Bertz CT molecular complexity index is 1110. The van der Waals surface area contributed by atoms with Gasteiger partial charge in [-0.15, -0.1) is 11.3 Å².